The van der Waals surface area contributed by atoms with Gasteiger partial charge in [-0.05, 0) is 48.4 Å². The van der Waals surface area contributed by atoms with Gasteiger partial charge < -0.3 is 15.8 Å². The van der Waals surface area contributed by atoms with Crippen molar-refractivity contribution in [3.05, 3.63) is 64.5 Å². The lowest BCUT2D eigenvalue weighted by atomic mass is 9.88. The van der Waals surface area contributed by atoms with Gasteiger partial charge in [-0.1, -0.05) is 6.92 Å². The summed E-state index contributed by atoms with van der Waals surface area (Å²) in [6, 6.07) is 6.33. The molecule has 2 aromatic carbocycles. The van der Waals surface area contributed by atoms with Gasteiger partial charge in [-0.2, -0.15) is 13.2 Å². The van der Waals surface area contributed by atoms with Gasteiger partial charge in [-0.15, -0.1) is 0 Å². The normalized spacial score (nSPS) is 23.5. The highest BCUT2D eigenvalue weighted by molar-refractivity contribution is 7.90. The summed E-state index contributed by atoms with van der Waals surface area (Å²) in [7, 11) is -2.77. The van der Waals surface area contributed by atoms with Crippen LogP contribution in [0.1, 0.15) is 34.0 Å². The van der Waals surface area contributed by atoms with Crippen molar-refractivity contribution >= 4 is 27.6 Å². The van der Waals surface area contributed by atoms with Crippen LogP contribution < -0.4 is 11.1 Å². The van der Waals surface area contributed by atoms with E-state index in [-0.39, 0.29) is 48.0 Å². The Bertz CT molecular complexity index is 1330. The molecule has 2 aliphatic rings. The number of aliphatic imine (C=N–C) groups is 1. The van der Waals surface area contributed by atoms with Crippen LogP contribution in [0.2, 0.25) is 0 Å². The molecule has 188 valence electrons. The fourth-order valence-corrected chi connectivity index (χ4v) is 6.01. The Labute approximate surface area is 198 Å². The maximum absolute atomic E-state index is 15.0. The first kappa shape index (κ1) is 24.9. The topological polar surface area (TPSA) is 114 Å². The molecule has 0 radical (unpaired) electrons. The van der Waals surface area contributed by atoms with Crippen molar-refractivity contribution in [2.45, 2.75) is 30.3 Å². The molecule has 0 aliphatic carbocycles. The van der Waals surface area contributed by atoms with E-state index >= 15 is 4.39 Å². The van der Waals surface area contributed by atoms with Crippen molar-refractivity contribution in [2.24, 2.45) is 10.7 Å². The molecule has 0 unspecified atom stereocenters. The summed E-state index contributed by atoms with van der Waals surface area (Å²) in [5.74, 6) is -1.82. The second-order valence-electron chi connectivity index (χ2n) is 8.28. The van der Waals surface area contributed by atoms with Crippen molar-refractivity contribution in [1.82, 2.24) is 4.31 Å². The van der Waals surface area contributed by atoms with E-state index in [9.17, 15) is 26.4 Å². The van der Waals surface area contributed by atoms with Crippen molar-refractivity contribution < 1.29 is 35.5 Å². The number of carbonyl (C=O) groups is 1. The lowest BCUT2D eigenvalue weighted by Crippen LogP contribution is -2.57. The van der Waals surface area contributed by atoms with Crippen LogP contribution in [-0.2, 0) is 32.9 Å². The molecule has 2 atom stereocenters. The summed E-state index contributed by atoms with van der Waals surface area (Å²) in [6.45, 7) is 1.13. The number of rotatable bonds is 4. The predicted molar refractivity (Wildman–Crippen MR) is 120 cm³/mol. The zero-order valence-corrected chi connectivity index (χ0v) is 19.5. The number of nitrogens with two attached hydrogens (primary N) is 1. The van der Waals surface area contributed by atoms with Crippen LogP contribution in [0.25, 0.3) is 0 Å². The zero-order valence-electron chi connectivity index (χ0n) is 18.7. The number of carbonyl (C=O) groups excluding carboxylic acids is 1. The Hall–Kier alpha value is -3.19. The Balaban J connectivity index is 1.72. The van der Waals surface area contributed by atoms with Crippen LogP contribution >= 0.6 is 0 Å². The molecule has 13 heteroatoms. The first-order valence-electron chi connectivity index (χ1n) is 10.5. The molecular formula is C22H22F4N4O4S. The van der Waals surface area contributed by atoms with Crippen LogP contribution in [0.4, 0.5) is 23.2 Å². The fourth-order valence-electron chi connectivity index (χ4n) is 4.31. The summed E-state index contributed by atoms with van der Waals surface area (Å²) in [5, 5.41) is 1.31. The number of hydrogen-bond acceptors (Lipinski definition) is 6. The minimum atomic E-state index is -4.55. The molecule has 2 aliphatic heterocycles. The third-order valence-electron chi connectivity index (χ3n) is 6.25. The van der Waals surface area contributed by atoms with Gasteiger partial charge in [-0.25, -0.2) is 22.1 Å². The SMILES string of the molecule is CCc1cc(C(F)(F)F)ccc1C(=O)Nc1ccc(F)c([C@@]23COC[C@@H]2S(=O)(=O)N(C)C(N)=N3)c1. The molecule has 4 rings (SSSR count). The van der Waals surface area contributed by atoms with Crippen LogP contribution in [0.3, 0.4) is 0 Å². The Morgan fingerprint density at radius 2 is 2.00 bits per heavy atom. The van der Waals surface area contributed by atoms with Crippen molar-refractivity contribution in [2.75, 3.05) is 25.6 Å². The minimum absolute atomic E-state index is 0.0238. The third-order valence-corrected chi connectivity index (χ3v) is 8.45. The highest BCUT2D eigenvalue weighted by Crippen LogP contribution is 2.44. The van der Waals surface area contributed by atoms with Crippen LogP contribution in [0.5, 0.6) is 0 Å². The maximum atomic E-state index is 15.0. The van der Waals surface area contributed by atoms with E-state index in [1.165, 1.54) is 19.2 Å². The Morgan fingerprint density at radius 1 is 1.29 bits per heavy atom. The van der Waals surface area contributed by atoms with E-state index in [1.807, 2.05) is 0 Å². The van der Waals surface area contributed by atoms with Gasteiger partial charge in [0.1, 0.15) is 16.6 Å². The number of anilines is 1. The molecule has 0 saturated carbocycles. The second-order valence-corrected chi connectivity index (χ2v) is 10.4. The highest BCUT2D eigenvalue weighted by atomic mass is 32.2. The molecule has 0 spiro atoms. The Kier molecular flexibility index (Phi) is 6.04. The van der Waals surface area contributed by atoms with E-state index in [1.54, 1.807) is 6.92 Å². The van der Waals surface area contributed by atoms with E-state index in [0.717, 1.165) is 28.6 Å². The minimum Gasteiger partial charge on any atom is -0.377 e. The molecule has 8 nitrogen and oxygen atoms in total. The molecule has 1 saturated heterocycles. The van der Waals surface area contributed by atoms with Gasteiger partial charge in [0.25, 0.3) is 5.91 Å². The number of nitrogens with one attached hydrogen (secondary N) is 1. The number of benzene rings is 2. The number of sulfonamides is 1. The average molecular weight is 515 g/mol. The molecule has 2 aromatic rings. The molecule has 1 fully saturated rings. The van der Waals surface area contributed by atoms with E-state index in [0.29, 0.717) is 0 Å². The summed E-state index contributed by atoms with van der Waals surface area (Å²) in [4.78, 5) is 17.2. The van der Waals surface area contributed by atoms with Crippen molar-refractivity contribution in [1.29, 1.82) is 0 Å². The lowest BCUT2D eigenvalue weighted by molar-refractivity contribution is -0.137. The fraction of sp³-hybridized carbons (Fsp3) is 0.364. The van der Waals surface area contributed by atoms with Crippen LogP contribution in [-0.4, -0.2) is 50.1 Å². The molecule has 35 heavy (non-hydrogen) atoms. The summed E-state index contributed by atoms with van der Waals surface area (Å²) < 4.78 is 86.2. The van der Waals surface area contributed by atoms with Crippen molar-refractivity contribution in [3.8, 4) is 0 Å². The smallest absolute Gasteiger partial charge is 0.377 e. The molecule has 1 amide bonds. The van der Waals surface area contributed by atoms with Gasteiger partial charge in [0.05, 0.1) is 18.8 Å². The molecular weight excluding hydrogens is 492 g/mol. The second kappa shape index (κ2) is 8.48. The van der Waals surface area contributed by atoms with E-state index in [2.05, 4.69) is 10.3 Å². The summed E-state index contributed by atoms with van der Waals surface area (Å²) in [5.41, 5.74) is 3.45. The third kappa shape index (κ3) is 4.12. The number of aryl methyl sites for hydroxylation is 1. The van der Waals surface area contributed by atoms with Gasteiger partial charge in [0.15, 0.2) is 0 Å². The number of halogens is 4. The number of alkyl halides is 3. The number of amides is 1. The summed E-state index contributed by atoms with van der Waals surface area (Å²) >= 11 is 0. The number of ether oxygens (including phenoxy) is 1. The first-order valence-corrected chi connectivity index (χ1v) is 12.0. The number of hydrogen-bond donors (Lipinski definition) is 2. The lowest BCUT2D eigenvalue weighted by Gasteiger charge is -2.38. The standard InChI is InChI=1S/C22H22F4N4O4S/c1-3-12-8-13(22(24,25)26)4-6-15(12)19(31)28-14-5-7-17(23)16(9-14)21-11-34-10-18(21)35(32,33)30(2)20(27)29-21/h4-9,18H,3,10-11H2,1-2H3,(H2,27,29)(H,28,31)/t18-,21-/m0/s1. The number of guanidine groups is 1. The monoisotopic (exact) mass is 514 g/mol. The van der Waals surface area contributed by atoms with Crippen molar-refractivity contribution in [3.63, 3.8) is 0 Å². The van der Waals surface area contributed by atoms with Gasteiger partial charge in [-0.3, -0.25) is 4.79 Å². The molecule has 2 heterocycles. The molecule has 3 N–H and O–H groups in total. The van der Waals surface area contributed by atoms with E-state index < -0.39 is 44.3 Å². The maximum Gasteiger partial charge on any atom is 0.416 e. The van der Waals surface area contributed by atoms with E-state index in [4.69, 9.17) is 10.5 Å². The highest BCUT2D eigenvalue weighted by Gasteiger charge is 2.58. The molecule has 0 aromatic heterocycles. The molecule has 0 bridgehead atoms. The van der Waals surface area contributed by atoms with Gasteiger partial charge in [0.2, 0.25) is 16.0 Å². The van der Waals surface area contributed by atoms with Gasteiger partial charge in [0, 0.05) is 23.9 Å². The average Bonchev–Trinajstić information content (AvgIpc) is 3.23. The quantitative estimate of drug-likeness (QED) is 0.610. The first-order chi connectivity index (χ1) is 16.3. The summed E-state index contributed by atoms with van der Waals surface area (Å²) in [6.07, 6.45) is -4.39. The predicted octanol–water partition coefficient (Wildman–Crippen LogP) is 2.84. The number of nitrogens with zero attached hydrogens (tertiary/aromatic N) is 2. The van der Waals surface area contributed by atoms with Gasteiger partial charge >= 0.3 is 6.18 Å². The zero-order chi connectivity index (χ0) is 25.8. The van der Waals surface area contributed by atoms with Crippen LogP contribution in [0, 0.1) is 5.82 Å². The Morgan fingerprint density at radius 3 is 2.66 bits per heavy atom. The van der Waals surface area contributed by atoms with Crippen LogP contribution in [0.15, 0.2) is 41.4 Å². The largest absolute Gasteiger partial charge is 0.416 e. The number of fused-ring (bicyclic) bond motifs is 1.